The topological polar surface area (TPSA) is 55.3 Å². The SMILES string of the molecule is CC(C)c1cccc(C(C)C)c1C(N)C[N]([Co])CC(N)c1c(C(C)C)cccc1C(C)C. The Morgan fingerprint density at radius 1 is 0.594 bits per heavy atom. The molecule has 2 unspecified atom stereocenters. The Kier molecular flexibility index (Phi) is 9.99. The van der Waals surface area contributed by atoms with Gasteiger partial charge in [-0.15, -0.1) is 0 Å². The molecule has 0 heterocycles. The standard InChI is InChI=1S/C28H44N3.Co/c1-17(2)21-11-9-12-22(18(3)4)27(21)25(29)15-31-16-26(30)28-23(19(5)6)13-10-14-24(28)20(7)8;/h9-14,17-20,25-26H,15-16,29-30H2,1-8H3;/q-1;+1. The summed E-state index contributed by atoms with van der Waals surface area (Å²) in [6, 6.07) is 13.0. The van der Waals surface area contributed by atoms with Gasteiger partial charge in [0.2, 0.25) is 0 Å². The molecule has 0 bridgehead atoms. The van der Waals surface area contributed by atoms with Gasteiger partial charge < -0.3 is 0 Å². The van der Waals surface area contributed by atoms with Crippen LogP contribution in [0.2, 0.25) is 0 Å². The van der Waals surface area contributed by atoms with E-state index in [0.29, 0.717) is 36.8 Å². The monoisotopic (exact) mass is 481 g/mol. The zero-order valence-electron chi connectivity index (χ0n) is 21.3. The van der Waals surface area contributed by atoms with Crippen LogP contribution in [0.15, 0.2) is 36.4 Å². The molecule has 0 aromatic heterocycles. The van der Waals surface area contributed by atoms with Crippen LogP contribution in [0.4, 0.5) is 0 Å². The van der Waals surface area contributed by atoms with Crippen LogP contribution in [-0.2, 0) is 16.0 Å². The van der Waals surface area contributed by atoms with Gasteiger partial charge in [-0.25, -0.2) is 0 Å². The predicted molar refractivity (Wildman–Crippen MR) is 135 cm³/mol. The third-order valence-corrected chi connectivity index (χ3v) is 6.73. The van der Waals surface area contributed by atoms with Gasteiger partial charge in [0.25, 0.3) is 0 Å². The van der Waals surface area contributed by atoms with E-state index in [1.54, 1.807) is 0 Å². The molecule has 0 aliphatic rings. The van der Waals surface area contributed by atoms with Gasteiger partial charge in [0.1, 0.15) is 0 Å². The molecule has 2 rings (SSSR count). The zero-order valence-corrected chi connectivity index (χ0v) is 22.3. The molecule has 4 heteroatoms. The molecule has 2 aromatic rings. The summed E-state index contributed by atoms with van der Waals surface area (Å²) in [6.45, 7) is 19.2. The third kappa shape index (κ3) is 6.45. The van der Waals surface area contributed by atoms with Crippen molar-refractivity contribution in [3.63, 3.8) is 0 Å². The Hall–Kier alpha value is -1.17. The normalized spacial score (nSPS) is 14.3. The molecule has 2 atom stereocenters. The van der Waals surface area contributed by atoms with E-state index >= 15 is 0 Å². The molecular weight excluding hydrogens is 437 g/mol. The van der Waals surface area contributed by atoms with Crippen molar-refractivity contribution < 1.29 is 16.0 Å². The van der Waals surface area contributed by atoms with E-state index < -0.39 is 0 Å². The number of rotatable bonds is 10. The molecule has 180 valence electrons. The molecule has 32 heavy (non-hydrogen) atoms. The Morgan fingerprint density at radius 2 is 0.844 bits per heavy atom. The second kappa shape index (κ2) is 11.8. The first-order valence-corrected chi connectivity index (χ1v) is 12.6. The van der Waals surface area contributed by atoms with E-state index in [2.05, 4.69) is 91.8 Å². The third-order valence-electron chi connectivity index (χ3n) is 6.35. The van der Waals surface area contributed by atoms with E-state index in [0.717, 1.165) is 0 Å². The molecule has 4 N–H and O–H groups in total. The first kappa shape index (κ1) is 27.1. The van der Waals surface area contributed by atoms with Gasteiger partial charge >= 0.3 is 205 Å². The number of hydrogen-bond acceptors (Lipinski definition) is 3. The summed E-state index contributed by atoms with van der Waals surface area (Å²) in [7, 11) is 0. The quantitative estimate of drug-likeness (QED) is 0.400. The van der Waals surface area contributed by atoms with Gasteiger partial charge in [0, 0.05) is 0 Å². The summed E-state index contributed by atoms with van der Waals surface area (Å²) in [4.78, 5) is 0. The molecule has 0 saturated carbocycles. The van der Waals surface area contributed by atoms with Crippen molar-refractivity contribution in [1.29, 1.82) is 0 Å². The molecule has 0 fully saturated rings. The molecular formula is C28H44CoN3. The van der Waals surface area contributed by atoms with Crippen LogP contribution in [0.1, 0.15) is 125 Å². The van der Waals surface area contributed by atoms with E-state index in [1.807, 2.05) is 3.95 Å². The first-order chi connectivity index (χ1) is 15.0. The minimum absolute atomic E-state index is 0.112. The molecule has 0 spiro atoms. The molecule has 0 saturated heterocycles. The van der Waals surface area contributed by atoms with Crippen molar-refractivity contribution in [1.82, 2.24) is 3.95 Å². The van der Waals surface area contributed by atoms with Crippen LogP contribution in [-0.4, -0.2) is 17.0 Å². The van der Waals surface area contributed by atoms with Gasteiger partial charge in [0.05, 0.1) is 0 Å². The Morgan fingerprint density at radius 3 is 1.06 bits per heavy atom. The van der Waals surface area contributed by atoms with Gasteiger partial charge in [0.15, 0.2) is 0 Å². The Bertz CT molecular complexity index is 749. The van der Waals surface area contributed by atoms with E-state index in [1.165, 1.54) is 33.4 Å². The second-order valence-electron chi connectivity index (χ2n) is 10.3. The number of benzene rings is 2. The van der Waals surface area contributed by atoms with Crippen molar-refractivity contribution >= 4 is 0 Å². The van der Waals surface area contributed by atoms with Crippen molar-refractivity contribution in [3.8, 4) is 0 Å². The number of nitrogens with zero attached hydrogens (tertiary/aromatic N) is 1. The molecule has 2 aromatic carbocycles. The van der Waals surface area contributed by atoms with Crippen LogP contribution < -0.4 is 11.5 Å². The number of hydrogen-bond donors (Lipinski definition) is 2. The summed E-state index contributed by atoms with van der Waals surface area (Å²) >= 11 is 4.89. The molecule has 0 aliphatic carbocycles. The Labute approximate surface area is 205 Å². The molecule has 0 radical (unpaired) electrons. The molecule has 3 nitrogen and oxygen atoms in total. The molecule has 0 amide bonds. The zero-order chi connectivity index (χ0) is 24.2. The van der Waals surface area contributed by atoms with Gasteiger partial charge in [-0.2, -0.15) is 0 Å². The Balaban J connectivity index is 2.29. The molecule has 0 aliphatic heterocycles. The number of nitrogens with two attached hydrogens (primary N) is 2. The van der Waals surface area contributed by atoms with Crippen LogP contribution in [0.5, 0.6) is 0 Å². The van der Waals surface area contributed by atoms with E-state index in [9.17, 15) is 0 Å². The first-order valence-electron chi connectivity index (χ1n) is 12.1. The summed E-state index contributed by atoms with van der Waals surface area (Å²) in [5, 5.41) is 0. The van der Waals surface area contributed by atoms with Crippen molar-refractivity contribution in [3.05, 3.63) is 69.8 Å². The maximum atomic E-state index is 6.81. The van der Waals surface area contributed by atoms with Crippen molar-refractivity contribution in [2.45, 2.75) is 91.1 Å². The fourth-order valence-corrected chi connectivity index (χ4v) is 5.15. The second-order valence-corrected chi connectivity index (χ2v) is 11.0. The summed E-state index contributed by atoms with van der Waals surface area (Å²) < 4.78 is 2.00. The van der Waals surface area contributed by atoms with Gasteiger partial charge in [-0.05, 0) is 0 Å². The van der Waals surface area contributed by atoms with Crippen LogP contribution in [0.3, 0.4) is 0 Å². The van der Waals surface area contributed by atoms with Crippen LogP contribution in [0.25, 0.3) is 0 Å². The van der Waals surface area contributed by atoms with Crippen molar-refractivity contribution in [2.24, 2.45) is 11.5 Å². The van der Waals surface area contributed by atoms with E-state index in [-0.39, 0.29) is 12.1 Å². The maximum absolute atomic E-state index is 6.81. The summed E-state index contributed by atoms with van der Waals surface area (Å²) in [5.41, 5.74) is 21.5. The fourth-order valence-electron chi connectivity index (χ4n) is 4.74. The van der Waals surface area contributed by atoms with Crippen LogP contribution >= 0.6 is 0 Å². The minimum atomic E-state index is -0.112. The average molecular weight is 482 g/mol. The van der Waals surface area contributed by atoms with Gasteiger partial charge in [-0.3, -0.25) is 0 Å². The van der Waals surface area contributed by atoms with E-state index in [4.69, 9.17) is 27.4 Å². The summed E-state index contributed by atoms with van der Waals surface area (Å²) in [5.74, 6) is 1.71. The summed E-state index contributed by atoms with van der Waals surface area (Å²) in [6.07, 6.45) is 0. The van der Waals surface area contributed by atoms with Gasteiger partial charge in [-0.1, -0.05) is 0 Å². The fraction of sp³-hybridized carbons (Fsp3) is 0.571. The van der Waals surface area contributed by atoms with Crippen LogP contribution in [0, 0.1) is 0 Å². The average Bonchev–Trinajstić information content (AvgIpc) is 2.71. The predicted octanol–water partition coefficient (Wildman–Crippen LogP) is 6.64. The van der Waals surface area contributed by atoms with Crippen molar-refractivity contribution in [2.75, 3.05) is 13.1 Å².